The Hall–Kier alpha value is -0.650. The molecule has 16 heavy (non-hydrogen) atoms. The average Bonchev–Trinajstić information content (AvgIpc) is 2.89. The molecule has 0 saturated heterocycles. The van der Waals surface area contributed by atoms with Gasteiger partial charge in [-0.15, -0.1) is 11.3 Å². The number of thiophene rings is 1. The SMILES string of the molecule is CCn1cc(C(NC)c2cc(Br)cs2)cn1. The molecular weight excluding hydrogens is 286 g/mol. The summed E-state index contributed by atoms with van der Waals surface area (Å²) in [5.41, 5.74) is 1.21. The highest BCUT2D eigenvalue weighted by atomic mass is 79.9. The summed E-state index contributed by atoms with van der Waals surface area (Å²) in [7, 11) is 1.97. The lowest BCUT2D eigenvalue weighted by Crippen LogP contribution is -2.15. The van der Waals surface area contributed by atoms with Gasteiger partial charge in [-0.1, -0.05) is 0 Å². The average molecular weight is 300 g/mol. The largest absolute Gasteiger partial charge is 0.309 e. The highest BCUT2D eigenvalue weighted by molar-refractivity contribution is 9.10. The van der Waals surface area contributed by atoms with Crippen LogP contribution in [0.4, 0.5) is 0 Å². The molecule has 2 rings (SSSR count). The van der Waals surface area contributed by atoms with Crippen molar-refractivity contribution >= 4 is 27.3 Å². The van der Waals surface area contributed by atoms with Crippen molar-refractivity contribution in [2.45, 2.75) is 19.5 Å². The molecule has 86 valence electrons. The highest BCUT2D eigenvalue weighted by Gasteiger charge is 2.15. The normalized spacial score (nSPS) is 12.9. The lowest BCUT2D eigenvalue weighted by Gasteiger charge is -2.11. The van der Waals surface area contributed by atoms with Gasteiger partial charge in [-0.25, -0.2) is 0 Å². The molecule has 0 bridgehead atoms. The van der Waals surface area contributed by atoms with E-state index in [1.165, 1.54) is 10.4 Å². The van der Waals surface area contributed by atoms with Crippen LogP contribution in [0.1, 0.15) is 23.4 Å². The van der Waals surface area contributed by atoms with E-state index in [2.05, 4.69) is 50.9 Å². The molecule has 0 radical (unpaired) electrons. The van der Waals surface area contributed by atoms with Gasteiger partial charge in [0.15, 0.2) is 0 Å². The van der Waals surface area contributed by atoms with E-state index in [0.29, 0.717) is 0 Å². The molecule has 1 N–H and O–H groups in total. The lowest BCUT2D eigenvalue weighted by molar-refractivity contribution is 0.655. The Labute approximate surface area is 108 Å². The van der Waals surface area contributed by atoms with Gasteiger partial charge in [-0.05, 0) is 36.0 Å². The van der Waals surface area contributed by atoms with Gasteiger partial charge in [0.2, 0.25) is 0 Å². The molecule has 2 aromatic heterocycles. The summed E-state index contributed by atoms with van der Waals surface area (Å²) in [5, 5.41) is 9.73. The third-order valence-corrected chi connectivity index (χ3v) is 4.23. The molecule has 0 fully saturated rings. The fraction of sp³-hybridized carbons (Fsp3) is 0.364. The van der Waals surface area contributed by atoms with E-state index in [1.54, 1.807) is 11.3 Å². The van der Waals surface area contributed by atoms with Gasteiger partial charge in [0, 0.05) is 33.0 Å². The number of hydrogen-bond acceptors (Lipinski definition) is 3. The van der Waals surface area contributed by atoms with Crippen LogP contribution in [0.3, 0.4) is 0 Å². The minimum Gasteiger partial charge on any atom is -0.309 e. The number of aromatic nitrogens is 2. The van der Waals surface area contributed by atoms with Gasteiger partial charge in [-0.2, -0.15) is 5.10 Å². The summed E-state index contributed by atoms with van der Waals surface area (Å²) in [5.74, 6) is 0. The van der Waals surface area contributed by atoms with Crippen molar-refractivity contribution < 1.29 is 0 Å². The van der Waals surface area contributed by atoms with Crippen molar-refractivity contribution in [3.63, 3.8) is 0 Å². The molecule has 0 spiro atoms. The predicted molar refractivity (Wildman–Crippen MR) is 70.8 cm³/mol. The first kappa shape index (κ1) is 11.8. The minimum atomic E-state index is 0.233. The number of nitrogens with one attached hydrogen (secondary N) is 1. The molecular formula is C11H14BrN3S. The maximum absolute atomic E-state index is 4.31. The third-order valence-electron chi connectivity index (χ3n) is 2.47. The first-order valence-corrected chi connectivity index (χ1v) is 6.85. The highest BCUT2D eigenvalue weighted by Crippen LogP contribution is 2.29. The molecule has 2 heterocycles. The Morgan fingerprint density at radius 2 is 2.44 bits per heavy atom. The molecule has 0 amide bonds. The van der Waals surface area contributed by atoms with Crippen molar-refractivity contribution in [1.82, 2.24) is 15.1 Å². The zero-order valence-electron chi connectivity index (χ0n) is 9.27. The first-order valence-electron chi connectivity index (χ1n) is 5.18. The van der Waals surface area contributed by atoms with E-state index in [4.69, 9.17) is 0 Å². The van der Waals surface area contributed by atoms with Crippen molar-refractivity contribution in [2.24, 2.45) is 0 Å². The van der Waals surface area contributed by atoms with E-state index in [0.717, 1.165) is 11.0 Å². The van der Waals surface area contributed by atoms with E-state index < -0.39 is 0 Å². The fourth-order valence-electron chi connectivity index (χ4n) is 1.65. The van der Waals surface area contributed by atoms with E-state index >= 15 is 0 Å². The maximum atomic E-state index is 4.31. The summed E-state index contributed by atoms with van der Waals surface area (Å²) >= 11 is 5.23. The topological polar surface area (TPSA) is 29.9 Å². The molecule has 0 aliphatic rings. The summed E-state index contributed by atoms with van der Waals surface area (Å²) < 4.78 is 3.08. The molecule has 0 aromatic carbocycles. The van der Waals surface area contributed by atoms with Gasteiger partial charge < -0.3 is 5.32 Å². The number of halogens is 1. The van der Waals surface area contributed by atoms with Crippen LogP contribution in [-0.4, -0.2) is 16.8 Å². The van der Waals surface area contributed by atoms with Crippen molar-refractivity contribution in [3.05, 3.63) is 38.8 Å². The first-order chi connectivity index (χ1) is 7.74. The standard InChI is InChI=1S/C11H14BrN3S/c1-3-15-6-8(5-14-15)11(13-2)10-4-9(12)7-16-10/h4-7,11,13H,3H2,1-2H3. The molecule has 1 unspecified atom stereocenters. The predicted octanol–water partition coefficient (Wildman–Crippen LogP) is 3.04. The maximum Gasteiger partial charge on any atom is 0.0699 e. The Balaban J connectivity index is 2.28. The quantitative estimate of drug-likeness (QED) is 0.940. The number of aryl methyl sites for hydroxylation is 1. The summed E-state index contributed by atoms with van der Waals surface area (Å²) in [6.45, 7) is 3.00. The molecule has 5 heteroatoms. The molecule has 0 saturated carbocycles. The molecule has 0 aliphatic carbocycles. The van der Waals surface area contributed by atoms with E-state index in [-0.39, 0.29) is 6.04 Å². The van der Waals surface area contributed by atoms with E-state index in [9.17, 15) is 0 Å². The zero-order valence-corrected chi connectivity index (χ0v) is 11.7. The van der Waals surface area contributed by atoms with Gasteiger partial charge >= 0.3 is 0 Å². The summed E-state index contributed by atoms with van der Waals surface area (Å²) in [4.78, 5) is 1.30. The lowest BCUT2D eigenvalue weighted by atomic mass is 10.1. The van der Waals surface area contributed by atoms with Crippen LogP contribution in [0.2, 0.25) is 0 Å². The Morgan fingerprint density at radius 1 is 1.62 bits per heavy atom. The van der Waals surface area contributed by atoms with Crippen LogP contribution in [0.25, 0.3) is 0 Å². The fourth-order valence-corrected chi connectivity index (χ4v) is 3.23. The Bertz CT molecular complexity index is 463. The molecule has 3 nitrogen and oxygen atoms in total. The second kappa shape index (κ2) is 5.12. The number of nitrogens with zero attached hydrogens (tertiary/aromatic N) is 2. The molecule has 0 aliphatic heterocycles. The summed E-state index contributed by atoms with van der Waals surface area (Å²) in [6, 6.07) is 2.38. The zero-order chi connectivity index (χ0) is 11.5. The monoisotopic (exact) mass is 299 g/mol. The van der Waals surface area contributed by atoms with Gasteiger partial charge in [-0.3, -0.25) is 4.68 Å². The van der Waals surface area contributed by atoms with Gasteiger partial charge in [0.25, 0.3) is 0 Å². The number of hydrogen-bond donors (Lipinski definition) is 1. The summed E-state index contributed by atoms with van der Waals surface area (Å²) in [6.07, 6.45) is 4.02. The van der Waals surface area contributed by atoms with Crippen LogP contribution in [0, 0.1) is 0 Å². The van der Waals surface area contributed by atoms with Crippen LogP contribution in [0.15, 0.2) is 28.3 Å². The van der Waals surface area contributed by atoms with Crippen molar-refractivity contribution in [1.29, 1.82) is 0 Å². The van der Waals surface area contributed by atoms with E-state index in [1.807, 2.05) is 17.9 Å². The van der Waals surface area contributed by atoms with Crippen LogP contribution in [-0.2, 0) is 6.54 Å². The van der Waals surface area contributed by atoms with Crippen LogP contribution in [0.5, 0.6) is 0 Å². The minimum absolute atomic E-state index is 0.233. The van der Waals surface area contributed by atoms with Crippen molar-refractivity contribution in [2.75, 3.05) is 7.05 Å². The Morgan fingerprint density at radius 3 is 2.94 bits per heavy atom. The second-order valence-electron chi connectivity index (χ2n) is 3.52. The number of rotatable bonds is 4. The van der Waals surface area contributed by atoms with Crippen LogP contribution < -0.4 is 5.32 Å². The molecule has 1 atom stereocenters. The van der Waals surface area contributed by atoms with Crippen molar-refractivity contribution in [3.8, 4) is 0 Å². The van der Waals surface area contributed by atoms with Gasteiger partial charge in [0.1, 0.15) is 0 Å². The smallest absolute Gasteiger partial charge is 0.0699 e. The Kier molecular flexibility index (Phi) is 3.78. The van der Waals surface area contributed by atoms with Gasteiger partial charge in [0.05, 0.1) is 12.2 Å². The second-order valence-corrected chi connectivity index (χ2v) is 5.38. The third kappa shape index (κ3) is 2.36. The van der Waals surface area contributed by atoms with Crippen LogP contribution >= 0.6 is 27.3 Å². The molecule has 2 aromatic rings.